The van der Waals surface area contributed by atoms with E-state index in [0.717, 1.165) is 0 Å². The molecular formula is C10H7Cl2NO3. The van der Waals surface area contributed by atoms with Gasteiger partial charge in [0.1, 0.15) is 0 Å². The number of benzene rings is 1. The number of carbonyl (C=O) groups is 1. The SMILES string of the molecule is O=C(O)CCc1noc2c(Cl)cc(Cl)cc12. The standard InChI is InChI=1S/C10H7Cl2NO3/c11-5-3-6-8(1-2-9(14)15)13-16-10(6)7(12)4-5/h3-4H,1-2H2,(H,14,15). The molecule has 1 N–H and O–H groups in total. The van der Waals surface area contributed by atoms with Gasteiger partial charge in [0.05, 0.1) is 17.1 Å². The van der Waals surface area contributed by atoms with Crippen LogP contribution in [-0.2, 0) is 11.2 Å². The smallest absolute Gasteiger partial charge is 0.303 e. The second kappa shape index (κ2) is 4.31. The first-order valence-corrected chi connectivity index (χ1v) is 5.28. The predicted molar refractivity (Wildman–Crippen MR) is 60.0 cm³/mol. The van der Waals surface area contributed by atoms with Gasteiger partial charge in [-0.25, -0.2) is 0 Å². The summed E-state index contributed by atoms with van der Waals surface area (Å²) in [5.74, 6) is -0.885. The minimum Gasteiger partial charge on any atom is -0.481 e. The quantitative estimate of drug-likeness (QED) is 0.920. The molecule has 0 bridgehead atoms. The van der Waals surface area contributed by atoms with Gasteiger partial charge in [-0.1, -0.05) is 28.4 Å². The van der Waals surface area contributed by atoms with Gasteiger partial charge in [0.2, 0.25) is 0 Å². The van der Waals surface area contributed by atoms with Crippen molar-refractivity contribution < 1.29 is 14.4 Å². The monoisotopic (exact) mass is 259 g/mol. The number of aryl methyl sites for hydroxylation is 1. The Bertz CT molecular complexity index is 550. The van der Waals surface area contributed by atoms with Gasteiger partial charge in [-0.05, 0) is 12.1 Å². The fourth-order valence-corrected chi connectivity index (χ4v) is 1.95. The van der Waals surface area contributed by atoms with E-state index in [0.29, 0.717) is 33.1 Å². The molecular weight excluding hydrogens is 253 g/mol. The Morgan fingerprint density at radius 3 is 2.88 bits per heavy atom. The zero-order valence-electron chi connectivity index (χ0n) is 8.04. The molecule has 0 amide bonds. The number of hydrogen-bond donors (Lipinski definition) is 1. The van der Waals surface area contributed by atoms with Crippen LogP contribution in [0.5, 0.6) is 0 Å². The number of aliphatic carboxylic acids is 1. The van der Waals surface area contributed by atoms with E-state index >= 15 is 0 Å². The fourth-order valence-electron chi connectivity index (χ4n) is 1.42. The first-order chi connectivity index (χ1) is 7.58. The number of carboxylic acids is 1. The Balaban J connectivity index is 2.43. The van der Waals surface area contributed by atoms with Crippen molar-refractivity contribution in [1.82, 2.24) is 5.16 Å². The molecule has 0 unspecified atom stereocenters. The third kappa shape index (κ3) is 2.13. The van der Waals surface area contributed by atoms with Crippen molar-refractivity contribution in [3.63, 3.8) is 0 Å². The van der Waals surface area contributed by atoms with Crippen molar-refractivity contribution in [2.75, 3.05) is 0 Å². The summed E-state index contributed by atoms with van der Waals surface area (Å²) in [5, 5.41) is 13.9. The second-order valence-electron chi connectivity index (χ2n) is 3.29. The molecule has 0 fully saturated rings. The zero-order valence-corrected chi connectivity index (χ0v) is 9.55. The normalized spacial score (nSPS) is 10.9. The van der Waals surface area contributed by atoms with E-state index in [1.165, 1.54) is 0 Å². The lowest BCUT2D eigenvalue weighted by atomic mass is 10.1. The van der Waals surface area contributed by atoms with Gasteiger partial charge in [-0.3, -0.25) is 4.79 Å². The average Bonchev–Trinajstić information content (AvgIpc) is 2.58. The number of nitrogens with zero attached hydrogens (tertiary/aromatic N) is 1. The van der Waals surface area contributed by atoms with Crippen LogP contribution >= 0.6 is 23.2 Å². The zero-order chi connectivity index (χ0) is 11.7. The van der Waals surface area contributed by atoms with Gasteiger partial charge < -0.3 is 9.63 Å². The second-order valence-corrected chi connectivity index (χ2v) is 4.13. The maximum Gasteiger partial charge on any atom is 0.303 e. The molecule has 0 saturated carbocycles. The summed E-state index contributed by atoms with van der Waals surface area (Å²) in [6, 6.07) is 3.22. The van der Waals surface area contributed by atoms with Crippen molar-refractivity contribution in [3.8, 4) is 0 Å². The summed E-state index contributed by atoms with van der Waals surface area (Å²) in [6.45, 7) is 0. The Kier molecular flexibility index (Phi) is 3.03. The van der Waals surface area contributed by atoms with Crippen LogP contribution in [0.2, 0.25) is 10.0 Å². The number of rotatable bonds is 3. The topological polar surface area (TPSA) is 63.3 Å². The highest BCUT2D eigenvalue weighted by Crippen LogP contribution is 2.30. The molecule has 16 heavy (non-hydrogen) atoms. The number of halogens is 2. The number of fused-ring (bicyclic) bond motifs is 1. The Morgan fingerprint density at radius 2 is 2.19 bits per heavy atom. The van der Waals surface area contributed by atoms with Crippen LogP contribution < -0.4 is 0 Å². The molecule has 1 heterocycles. The molecule has 6 heteroatoms. The van der Waals surface area contributed by atoms with Crippen LogP contribution in [0.1, 0.15) is 12.1 Å². The lowest BCUT2D eigenvalue weighted by molar-refractivity contribution is -0.136. The van der Waals surface area contributed by atoms with E-state index in [9.17, 15) is 4.79 Å². The van der Waals surface area contributed by atoms with Crippen LogP contribution in [0.4, 0.5) is 0 Å². The van der Waals surface area contributed by atoms with E-state index < -0.39 is 5.97 Å². The molecule has 0 radical (unpaired) electrons. The molecule has 0 spiro atoms. The molecule has 2 rings (SSSR count). The van der Waals surface area contributed by atoms with Crippen LogP contribution in [0, 0.1) is 0 Å². The highest BCUT2D eigenvalue weighted by molar-refractivity contribution is 6.38. The predicted octanol–water partition coefficient (Wildman–Crippen LogP) is 3.15. The summed E-state index contributed by atoms with van der Waals surface area (Å²) in [4.78, 5) is 10.5. The first-order valence-electron chi connectivity index (χ1n) is 4.53. The van der Waals surface area contributed by atoms with Crippen molar-refractivity contribution in [3.05, 3.63) is 27.9 Å². The molecule has 84 valence electrons. The molecule has 0 aliphatic heterocycles. The molecule has 4 nitrogen and oxygen atoms in total. The molecule has 0 atom stereocenters. The van der Waals surface area contributed by atoms with E-state index in [1.54, 1.807) is 12.1 Å². The highest BCUT2D eigenvalue weighted by Gasteiger charge is 2.13. The van der Waals surface area contributed by atoms with Crippen LogP contribution in [0.25, 0.3) is 11.0 Å². The van der Waals surface area contributed by atoms with E-state index in [1.807, 2.05) is 0 Å². The van der Waals surface area contributed by atoms with Gasteiger partial charge >= 0.3 is 5.97 Å². The highest BCUT2D eigenvalue weighted by atomic mass is 35.5. The molecule has 0 aliphatic rings. The summed E-state index contributed by atoms with van der Waals surface area (Å²) in [5.41, 5.74) is 0.994. The third-order valence-electron chi connectivity index (χ3n) is 2.14. The van der Waals surface area contributed by atoms with Crippen LogP contribution in [0.3, 0.4) is 0 Å². The summed E-state index contributed by atoms with van der Waals surface area (Å²) < 4.78 is 5.03. The van der Waals surface area contributed by atoms with E-state index in [-0.39, 0.29) is 6.42 Å². The number of carboxylic acid groups (broad SMARTS) is 1. The Labute approximate surface area is 101 Å². The van der Waals surface area contributed by atoms with Crippen molar-refractivity contribution in [2.24, 2.45) is 0 Å². The van der Waals surface area contributed by atoms with Crippen LogP contribution in [0.15, 0.2) is 16.7 Å². The van der Waals surface area contributed by atoms with Gasteiger partial charge in [0.15, 0.2) is 5.58 Å². The van der Waals surface area contributed by atoms with Crippen molar-refractivity contribution in [2.45, 2.75) is 12.8 Å². The summed E-state index contributed by atoms with van der Waals surface area (Å²) in [6.07, 6.45) is 0.283. The lowest BCUT2D eigenvalue weighted by Crippen LogP contribution is -1.97. The fraction of sp³-hybridized carbons (Fsp3) is 0.200. The van der Waals surface area contributed by atoms with Gasteiger partial charge in [-0.15, -0.1) is 0 Å². The molecule has 1 aromatic heterocycles. The Hall–Kier alpha value is -1.26. The van der Waals surface area contributed by atoms with Crippen LogP contribution in [-0.4, -0.2) is 16.2 Å². The summed E-state index contributed by atoms with van der Waals surface area (Å²) >= 11 is 11.7. The number of aromatic nitrogens is 1. The lowest BCUT2D eigenvalue weighted by Gasteiger charge is -1.95. The summed E-state index contributed by atoms with van der Waals surface area (Å²) in [7, 11) is 0. The van der Waals surface area contributed by atoms with E-state index in [2.05, 4.69) is 5.16 Å². The minimum absolute atomic E-state index is 0.00817. The average molecular weight is 260 g/mol. The molecule has 1 aromatic carbocycles. The largest absolute Gasteiger partial charge is 0.481 e. The molecule has 0 saturated heterocycles. The first kappa shape index (κ1) is 11.2. The van der Waals surface area contributed by atoms with Gasteiger partial charge in [0.25, 0.3) is 0 Å². The van der Waals surface area contributed by atoms with Gasteiger partial charge in [0, 0.05) is 16.8 Å². The van der Waals surface area contributed by atoms with E-state index in [4.69, 9.17) is 32.8 Å². The molecule has 2 aromatic rings. The van der Waals surface area contributed by atoms with Crippen molar-refractivity contribution >= 4 is 40.1 Å². The third-order valence-corrected chi connectivity index (χ3v) is 2.64. The maximum atomic E-state index is 10.5. The molecule has 0 aliphatic carbocycles. The van der Waals surface area contributed by atoms with Gasteiger partial charge in [-0.2, -0.15) is 0 Å². The minimum atomic E-state index is -0.885. The maximum absolute atomic E-state index is 10.5. The Morgan fingerprint density at radius 1 is 1.44 bits per heavy atom. The van der Waals surface area contributed by atoms with Crippen molar-refractivity contribution in [1.29, 1.82) is 0 Å². The number of hydrogen-bond acceptors (Lipinski definition) is 3.